The summed E-state index contributed by atoms with van der Waals surface area (Å²) >= 11 is 0. The number of nitrogens with two attached hydrogens (primary N) is 1. The lowest BCUT2D eigenvalue weighted by molar-refractivity contribution is -0.0542. The van der Waals surface area contributed by atoms with Gasteiger partial charge in [0, 0.05) is 0 Å². The molecule has 4 atom stereocenters. The van der Waals surface area contributed by atoms with E-state index in [1.165, 1.54) is 0 Å². The molecule has 14 heteroatoms. The molecule has 1 unspecified atom stereocenters. The average molecular weight is 369 g/mol. The molecule has 0 spiro atoms. The number of carbonyl (C=O) groups excluding carboxylic acids is 1. The molecule has 6 N–H and O–H groups in total. The zero-order valence-electron chi connectivity index (χ0n) is 11.7. The van der Waals surface area contributed by atoms with Crippen LogP contribution in [0, 0.1) is 5.95 Å². The van der Waals surface area contributed by atoms with E-state index in [1.54, 1.807) is 0 Å². The molecule has 1 saturated heterocycles. The number of primary amides is 1. The van der Waals surface area contributed by atoms with Crippen LogP contribution in [0.5, 0.6) is 0 Å². The molecule has 0 aliphatic carbocycles. The number of hydrogen-bond donors (Lipinski definition) is 5. The number of hydrogen-bond acceptors (Lipinski definition) is 8. The Hall–Kier alpha value is -1.73. The standard InChI is InChI=1S/C10H13FN3O9P/c11-4-1-14(9(18)5(13-4)8(12)17)10-7(16)6(15)3(23-10)2-22-24(19,20)21/h1,3,6-7,10,15-16H,2H2,(H2,12,17)(H2,19,20,21)/t3-,6?,7+,10-/m1/s1. The van der Waals surface area contributed by atoms with Crippen molar-refractivity contribution in [3.8, 4) is 0 Å². The molecule has 24 heavy (non-hydrogen) atoms. The largest absolute Gasteiger partial charge is 0.469 e. The Morgan fingerprint density at radius 2 is 2.08 bits per heavy atom. The molecule has 0 bridgehead atoms. The molecule has 2 rings (SSSR count). The number of nitrogens with zero attached hydrogens (tertiary/aromatic N) is 2. The van der Waals surface area contributed by atoms with Gasteiger partial charge in [-0.25, -0.2) is 9.55 Å². The van der Waals surface area contributed by atoms with E-state index in [4.69, 9.17) is 20.3 Å². The van der Waals surface area contributed by atoms with Crippen molar-refractivity contribution in [2.75, 3.05) is 6.61 Å². The van der Waals surface area contributed by atoms with Crippen molar-refractivity contribution in [3.63, 3.8) is 0 Å². The zero-order chi connectivity index (χ0) is 18.2. The second-order valence-corrected chi connectivity index (χ2v) is 6.06. The lowest BCUT2D eigenvalue weighted by Gasteiger charge is -2.18. The van der Waals surface area contributed by atoms with Crippen molar-refractivity contribution in [1.82, 2.24) is 9.55 Å². The number of rotatable bonds is 5. The Kier molecular flexibility index (Phi) is 5.15. The summed E-state index contributed by atoms with van der Waals surface area (Å²) in [6.07, 6.45) is -6.06. The van der Waals surface area contributed by atoms with E-state index in [1.807, 2.05) is 0 Å². The van der Waals surface area contributed by atoms with Gasteiger partial charge < -0.3 is 30.5 Å². The monoisotopic (exact) mass is 369 g/mol. The van der Waals surface area contributed by atoms with Gasteiger partial charge in [0.15, 0.2) is 11.9 Å². The van der Waals surface area contributed by atoms with Crippen LogP contribution in [0.3, 0.4) is 0 Å². The Morgan fingerprint density at radius 3 is 2.62 bits per heavy atom. The molecule has 1 aliphatic rings. The minimum Gasteiger partial charge on any atom is -0.387 e. The van der Waals surface area contributed by atoms with Crippen molar-refractivity contribution in [3.05, 3.63) is 28.2 Å². The number of phosphoric acid groups is 1. The number of aliphatic hydroxyl groups is 2. The molecule has 1 fully saturated rings. The van der Waals surface area contributed by atoms with E-state index in [0.717, 1.165) is 0 Å². The molecule has 1 aromatic heterocycles. The highest BCUT2D eigenvalue weighted by atomic mass is 31.2. The Labute approximate surface area is 132 Å². The van der Waals surface area contributed by atoms with Gasteiger partial charge in [-0.2, -0.15) is 4.39 Å². The Morgan fingerprint density at radius 1 is 1.46 bits per heavy atom. The van der Waals surface area contributed by atoms with Crippen molar-refractivity contribution in [2.45, 2.75) is 24.5 Å². The third kappa shape index (κ3) is 3.84. The summed E-state index contributed by atoms with van der Waals surface area (Å²) in [6.45, 7) is -0.815. The normalized spacial score (nSPS) is 27.4. The molecule has 1 amide bonds. The summed E-state index contributed by atoms with van der Waals surface area (Å²) in [6, 6.07) is 0. The van der Waals surface area contributed by atoms with E-state index in [0.29, 0.717) is 10.8 Å². The highest BCUT2D eigenvalue weighted by Gasteiger charge is 2.45. The maximum atomic E-state index is 13.4. The van der Waals surface area contributed by atoms with Gasteiger partial charge in [0.25, 0.3) is 11.5 Å². The third-order valence-corrected chi connectivity index (χ3v) is 3.64. The van der Waals surface area contributed by atoms with Crippen LogP contribution < -0.4 is 11.3 Å². The number of carbonyl (C=O) groups is 1. The minimum atomic E-state index is -4.87. The fourth-order valence-electron chi connectivity index (χ4n) is 2.10. The van der Waals surface area contributed by atoms with Gasteiger partial charge in [-0.1, -0.05) is 0 Å². The SMILES string of the molecule is NC(=O)c1nc(F)cn([C@@H]2O[C@H](COP(=O)(O)O)C(O)[C@@H]2O)c1=O. The quantitative estimate of drug-likeness (QED) is 0.338. The molecule has 2 heterocycles. The first-order chi connectivity index (χ1) is 11.0. The van der Waals surface area contributed by atoms with Gasteiger partial charge in [0.2, 0.25) is 5.95 Å². The maximum absolute atomic E-state index is 13.4. The second-order valence-electron chi connectivity index (χ2n) is 4.82. The van der Waals surface area contributed by atoms with Crippen LogP contribution in [0.2, 0.25) is 0 Å². The van der Waals surface area contributed by atoms with Crippen LogP contribution in [0.1, 0.15) is 16.7 Å². The summed E-state index contributed by atoms with van der Waals surface area (Å²) in [5, 5.41) is 19.7. The number of aromatic nitrogens is 2. The first-order valence-electron chi connectivity index (χ1n) is 6.31. The van der Waals surface area contributed by atoms with E-state index in [2.05, 4.69) is 9.51 Å². The van der Waals surface area contributed by atoms with Crippen LogP contribution in [-0.2, 0) is 13.8 Å². The van der Waals surface area contributed by atoms with E-state index >= 15 is 0 Å². The molecular formula is C10H13FN3O9P. The van der Waals surface area contributed by atoms with Crippen molar-refractivity contribution >= 4 is 13.7 Å². The Balaban J connectivity index is 2.32. The predicted octanol–water partition coefficient (Wildman–Crippen LogP) is -2.79. The number of ether oxygens (including phenoxy) is 1. The fourth-order valence-corrected chi connectivity index (χ4v) is 2.44. The predicted molar refractivity (Wildman–Crippen MR) is 70.9 cm³/mol. The number of amides is 1. The second kappa shape index (κ2) is 6.64. The van der Waals surface area contributed by atoms with Crippen molar-refractivity contribution in [2.24, 2.45) is 5.73 Å². The smallest absolute Gasteiger partial charge is 0.387 e. The molecular weight excluding hydrogens is 356 g/mol. The van der Waals surface area contributed by atoms with Gasteiger partial charge in [-0.05, 0) is 0 Å². The number of aliphatic hydroxyl groups excluding tert-OH is 2. The molecule has 0 radical (unpaired) electrons. The van der Waals surface area contributed by atoms with Gasteiger partial charge in [-0.15, -0.1) is 0 Å². The summed E-state index contributed by atoms with van der Waals surface area (Å²) in [4.78, 5) is 43.4. The van der Waals surface area contributed by atoms with Gasteiger partial charge in [0.1, 0.15) is 18.3 Å². The fraction of sp³-hybridized carbons (Fsp3) is 0.500. The number of halogens is 1. The zero-order valence-corrected chi connectivity index (χ0v) is 12.6. The molecule has 1 aliphatic heterocycles. The first-order valence-corrected chi connectivity index (χ1v) is 7.84. The lowest BCUT2D eigenvalue weighted by Crippen LogP contribution is -2.38. The van der Waals surface area contributed by atoms with E-state index in [9.17, 15) is 28.8 Å². The summed E-state index contributed by atoms with van der Waals surface area (Å²) in [5.74, 6) is -2.59. The molecule has 0 saturated carbocycles. The van der Waals surface area contributed by atoms with Crippen LogP contribution in [0.15, 0.2) is 11.0 Å². The van der Waals surface area contributed by atoms with Gasteiger partial charge in [0.05, 0.1) is 12.8 Å². The highest BCUT2D eigenvalue weighted by Crippen LogP contribution is 2.38. The van der Waals surface area contributed by atoms with Gasteiger partial charge in [-0.3, -0.25) is 18.7 Å². The van der Waals surface area contributed by atoms with Crippen LogP contribution in [0.4, 0.5) is 4.39 Å². The molecule has 134 valence electrons. The van der Waals surface area contributed by atoms with Gasteiger partial charge >= 0.3 is 7.82 Å². The summed E-state index contributed by atoms with van der Waals surface area (Å²) in [7, 11) is -4.87. The maximum Gasteiger partial charge on any atom is 0.469 e. The summed E-state index contributed by atoms with van der Waals surface area (Å²) in [5.41, 5.74) is 2.76. The highest BCUT2D eigenvalue weighted by molar-refractivity contribution is 7.46. The molecule has 12 nitrogen and oxygen atoms in total. The van der Waals surface area contributed by atoms with E-state index < -0.39 is 62.1 Å². The van der Waals surface area contributed by atoms with Crippen molar-refractivity contribution < 1.29 is 43.0 Å². The topological polar surface area (TPSA) is 194 Å². The molecule has 1 aromatic rings. The third-order valence-electron chi connectivity index (χ3n) is 3.15. The van der Waals surface area contributed by atoms with Crippen LogP contribution in [0.25, 0.3) is 0 Å². The first kappa shape index (κ1) is 18.6. The van der Waals surface area contributed by atoms with Crippen LogP contribution >= 0.6 is 7.82 Å². The van der Waals surface area contributed by atoms with Crippen LogP contribution in [-0.4, -0.2) is 60.4 Å². The summed E-state index contributed by atoms with van der Waals surface area (Å²) < 4.78 is 33.8. The number of phosphoric ester groups is 1. The lowest BCUT2D eigenvalue weighted by atomic mass is 10.1. The average Bonchev–Trinajstić information content (AvgIpc) is 2.74. The van der Waals surface area contributed by atoms with Crippen molar-refractivity contribution in [1.29, 1.82) is 0 Å². The minimum absolute atomic E-state index is 0.452. The van der Waals surface area contributed by atoms with E-state index in [-0.39, 0.29) is 0 Å². The molecule has 0 aromatic carbocycles. The Bertz CT molecular complexity index is 750.